The number of hydrogen-bond acceptors (Lipinski definition) is 8. The van der Waals surface area contributed by atoms with E-state index in [1.54, 1.807) is 38.2 Å². The first-order valence-corrected chi connectivity index (χ1v) is 10.5. The van der Waals surface area contributed by atoms with Crippen molar-refractivity contribution in [3.63, 3.8) is 0 Å². The molecule has 1 saturated heterocycles. The van der Waals surface area contributed by atoms with Crippen LogP contribution in [0.4, 0.5) is 0 Å². The zero-order chi connectivity index (χ0) is 21.8. The Hall–Kier alpha value is -2.52. The van der Waals surface area contributed by atoms with Crippen molar-refractivity contribution >= 4 is 28.8 Å². The number of methoxy groups -OCH3 is 3. The minimum atomic E-state index is -0.663. The predicted octanol–water partition coefficient (Wildman–Crippen LogP) is 2.93. The average Bonchev–Trinajstić information content (AvgIpc) is 3.07. The van der Waals surface area contributed by atoms with Gasteiger partial charge in [0.1, 0.15) is 6.61 Å². The molecule has 2 atom stereocenters. The second-order valence-corrected chi connectivity index (χ2v) is 7.93. The van der Waals surface area contributed by atoms with Gasteiger partial charge in [0.05, 0.1) is 43.4 Å². The molecule has 162 valence electrons. The maximum Gasteiger partial charge on any atom is 0.338 e. The van der Waals surface area contributed by atoms with Gasteiger partial charge in [0.2, 0.25) is 5.91 Å². The maximum absolute atomic E-state index is 13.1. The fourth-order valence-electron chi connectivity index (χ4n) is 3.48. The van der Waals surface area contributed by atoms with E-state index in [1.807, 2.05) is 13.0 Å². The lowest BCUT2D eigenvalue weighted by Gasteiger charge is -2.33. The van der Waals surface area contributed by atoms with Gasteiger partial charge in [0.25, 0.3) is 0 Å². The second kappa shape index (κ2) is 9.53. The smallest absolute Gasteiger partial charge is 0.338 e. The van der Waals surface area contributed by atoms with E-state index in [0.29, 0.717) is 39.9 Å². The lowest BCUT2D eigenvalue weighted by molar-refractivity contribution is -0.141. The Balaban J connectivity index is 2.09. The number of thioether (sulfide) groups is 1. The third-order valence-electron chi connectivity index (χ3n) is 4.99. The van der Waals surface area contributed by atoms with Crippen molar-refractivity contribution in [3.8, 4) is 11.5 Å². The molecule has 0 aliphatic carbocycles. The highest BCUT2D eigenvalue weighted by atomic mass is 32.2. The van der Waals surface area contributed by atoms with E-state index >= 15 is 0 Å². The highest BCUT2D eigenvalue weighted by Crippen LogP contribution is 2.45. The van der Waals surface area contributed by atoms with Crippen molar-refractivity contribution in [2.45, 2.75) is 31.6 Å². The maximum atomic E-state index is 13.1. The number of hydrogen-bond donors (Lipinski definition) is 0. The van der Waals surface area contributed by atoms with Crippen LogP contribution in [0.1, 0.15) is 31.9 Å². The van der Waals surface area contributed by atoms with Crippen LogP contribution < -0.4 is 9.47 Å². The number of carbonyl (C=O) groups is 2. The molecular weight excluding hydrogens is 408 g/mol. The summed E-state index contributed by atoms with van der Waals surface area (Å²) in [5.41, 5.74) is 1.57. The van der Waals surface area contributed by atoms with Gasteiger partial charge in [-0.3, -0.25) is 9.69 Å². The fraction of sp³-hybridized carbons (Fsp3) is 0.476. The van der Waals surface area contributed by atoms with Crippen molar-refractivity contribution in [1.29, 1.82) is 0 Å². The normalized spacial score (nSPS) is 20.8. The largest absolute Gasteiger partial charge is 0.493 e. The van der Waals surface area contributed by atoms with Crippen LogP contribution in [0, 0.1) is 0 Å². The molecule has 8 nitrogen and oxygen atoms in total. The second-order valence-electron chi connectivity index (χ2n) is 6.76. The Morgan fingerprint density at radius 2 is 1.90 bits per heavy atom. The summed E-state index contributed by atoms with van der Waals surface area (Å²) in [5, 5.41) is 0.362. The van der Waals surface area contributed by atoms with E-state index in [9.17, 15) is 9.59 Å². The molecular formula is C21H26N2O6S. The molecule has 30 heavy (non-hydrogen) atoms. The summed E-state index contributed by atoms with van der Waals surface area (Å²) in [7, 11) is 4.63. The molecule has 1 amide bonds. The Kier molecular flexibility index (Phi) is 7.04. The van der Waals surface area contributed by atoms with Gasteiger partial charge in [-0.15, -0.1) is 0 Å². The molecule has 2 aliphatic heterocycles. The molecule has 0 unspecified atom stereocenters. The number of ether oxygens (including phenoxy) is 4. The number of aliphatic imine (C=N–C) groups is 1. The molecule has 0 N–H and O–H groups in total. The van der Waals surface area contributed by atoms with Crippen LogP contribution in [-0.2, 0) is 19.1 Å². The number of carbonyl (C=O) groups excluding carboxylic acids is 2. The summed E-state index contributed by atoms with van der Waals surface area (Å²) in [5.74, 6) is 0.472. The number of rotatable bonds is 8. The first-order chi connectivity index (χ1) is 14.5. The summed E-state index contributed by atoms with van der Waals surface area (Å²) in [6.07, 6.45) is 0.671. The topological polar surface area (TPSA) is 86.7 Å². The molecule has 0 aromatic heterocycles. The molecule has 3 rings (SSSR count). The number of benzene rings is 1. The molecule has 0 radical (unpaired) electrons. The Morgan fingerprint density at radius 1 is 1.17 bits per heavy atom. The van der Waals surface area contributed by atoms with Gasteiger partial charge in [-0.2, -0.15) is 0 Å². The first kappa shape index (κ1) is 22.2. The summed E-state index contributed by atoms with van der Waals surface area (Å²) in [6.45, 7) is 4.11. The Bertz CT molecular complexity index is 897. The SMILES string of the molecule is CC[C@H]1SC2=NC(C)=C(C(=O)OCCOC)[C@H](c3ccc(OC)c(OC)c3)N2C1=O. The van der Waals surface area contributed by atoms with Crippen LogP contribution in [0.15, 0.2) is 34.5 Å². The van der Waals surface area contributed by atoms with Gasteiger partial charge >= 0.3 is 5.97 Å². The van der Waals surface area contributed by atoms with Crippen LogP contribution in [-0.4, -0.2) is 61.7 Å². The monoisotopic (exact) mass is 434 g/mol. The van der Waals surface area contributed by atoms with Crippen molar-refractivity contribution < 1.29 is 28.5 Å². The molecule has 9 heteroatoms. The van der Waals surface area contributed by atoms with Crippen LogP contribution in [0.5, 0.6) is 11.5 Å². The van der Waals surface area contributed by atoms with Gasteiger partial charge in [-0.25, -0.2) is 9.79 Å². The minimum Gasteiger partial charge on any atom is -0.493 e. The third kappa shape index (κ3) is 4.04. The minimum absolute atomic E-state index is 0.0734. The first-order valence-electron chi connectivity index (χ1n) is 9.63. The summed E-state index contributed by atoms with van der Waals surface area (Å²) in [6, 6.07) is 4.69. The van der Waals surface area contributed by atoms with Crippen molar-refractivity contribution in [1.82, 2.24) is 4.90 Å². The van der Waals surface area contributed by atoms with E-state index < -0.39 is 12.0 Å². The summed E-state index contributed by atoms with van der Waals surface area (Å²) < 4.78 is 21.1. The van der Waals surface area contributed by atoms with E-state index in [4.69, 9.17) is 18.9 Å². The van der Waals surface area contributed by atoms with Crippen molar-refractivity contribution in [2.24, 2.45) is 4.99 Å². The Morgan fingerprint density at radius 3 is 2.53 bits per heavy atom. The molecule has 1 aromatic carbocycles. The van der Waals surface area contributed by atoms with Crippen molar-refractivity contribution in [2.75, 3.05) is 34.5 Å². The van der Waals surface area contributed by atoms with E-state index in [0.717, 1.165) is 0 Å². The van der Waals surface area contributed by atoms with Gasteiger partial charge in [-0.05, 0) is 31.0 Å². The van der Waals surface area contributed by atoms with E-state index in [2.05, 4.69) is 4.99 Å². The van der Waals surface area contributed by atoms with Gasteiger partial charge < -0.3 is 18.9 Å². The molecule has 1 fully saturated rings. The van der Waals surface area contributed by atoms with Crippen LogP contribution in [0.3, 0.4) is 0 Å². The van der Waals surface area contributed by atoms with E-state index in [-0.39, 0.29) is 24.4 Å². The van der Waals surface area contributed by atoms with Crippen LogP contribution in [0.25, 0.3) is 0 Å². The zero-order valence-electron chi connectivity index (χ0n) is 17.8. The molecule has 0 saturated carbocycles. The van der Waals surface area contributed by atoms with Crippen LogP contribution in [0.2, 0.25) is 0 Å². The highest BCUT2D eigenvalue weighted by Gasteiger charge is 2.47. The fourth-order valence-corrected chi connectivity index (χ4v) is 4.62. The lowest BCUT2D eigenvalue weighted by Crippen LogP contribution is -2.41. The highest BCUT2D eigenvalue weighted by molar-refractivity contribution is 8.15. The third-order valence-corrected chi connectivity index (χ3v) is 6.30. The molecule has 0 bridgehead atoms. The Labute approximate surface area is 180 Å². The number of nitrogens with zero attached hydrogens (tertiary/aromatic N) is 2. The number of amides is 1. The number of esters is 1. The van der Waals surface area contributed by atoms with Crippen molar-refractivity contribution in [3.05, 3.63) is 35.0 Å². The average molecular weight is 435 g/mol. The van der Waals surface area contributed by atoms with Crippen LogP contribution >= 0.6 is 11.8 Å². The molecule has 2 heterocycles. The zero-order valence-corrected chi connectivity index (χ0v) is 18.6. The lowest BCUT2D eigenvalue weighted by atomic mass is 9.94. The molecule has 1 aromatic rings. The predicted molar refractivity (Wildman–Crippen MR) is 114 cm³/mol. The number of fused-ring (bicyclic) bond motifs is 1. The van der Waals surface area contributed by atoms with Gasteiger partial charge in [0, 0.05) is 7.11 Å². The standard InChI is InChI=1S/C21H26N2O6S/c1-6-16-19(24)23-18(13-7-8-14(27-4)15(11-13)28-5)17(12(2)22-21(23)30-16)20(25)29-10-9-26-3/h7-8,11,16,18H,6,9-10H2,1-5H3/t16-,18+/m1/s1. The van der Waals surface area contributed by atoms with Gasteiger partial charge in [-0.1, -0.05) is 24.8 Å². The summed E-state index contributed by atoms with van der Waals surface area (Å²) in [4.78, 5) is 32.3. The van der Waals surface area contributed by atoms with Gasteiger partial charge in [0.15, 0.2) is 16.7 Å². The number of amidine groups is 1. The summed E-state index contributed by atoms with van der Waals surface area (Å²) >= 11 is 1.42. The molecule has 2 aliphatic rings. The quantitative estimate of drug-likeness (QED) is 0.459. The molecule has 0 spiro atoms. The number of allylic oxidation sites excluding steroid dienone is 1. The van der Waals surface area contributed by atoms with E-state index in [1.165, 1.54) is 18.9 Å².